The predicted octanol–water partition coefficient (Wildman–Crippen LogP) is 6.44. The Morgan fingerprint density at radius 1 is 0.800 bits per heavy atom. The first-order valence-electron chi connectivity index (χ1n) is 10.0. The number of esters is 1. The Bertz CT molecular complexity index is 439. The smallest absolute Gasteiger partial charge is 0.306 e. The van der Waals surface area contributed by atoms with Crippen LogP contribution in [0, 0.1) is 0 Å². The molecule has 0 saturated carbocycles. The van der Waals surface area contributed by atoms with E-state index in [4.69, 9.17) is 9.47 Å². The molecule has 0 aliphatic rings. The Morgan fingerprint density at radius 3 is 1.84 bits per heavy atom. The van der Waals surface area contributed by atoms with E-state index in [1.807, 2.05) is 24.3 Å². The molecule has 0 N–H and O–H groups in total. The van der Waals surface area contributed by atoms with Crippen LogP contribution >= 0.6 is 0 Å². The molecule has 0 bridgehead atoms. The van der Waals surface area contributed by atoms with Crippen LogP contribution in [0.1, 0.15) is 89.5 Å². The Hall–Kier alpha value is -1.51. The number of carbonyl (C=O) groups is 1. The molecule has 0 aromatic heterocycles. The van der Waals surface area contributed by atoms with Crippen molar-refractivity contribution in [3.63, 3.8) is 0 Å². The molecule has 0 spiro atoms. The van der Waals surface area contributed by atoms with E-state index in [9.17, 15) is 4.79 Å². The maximum Gasteiger partial charge on any atom is 0.306 e. The summed E-state index contributed by atoms with van der Waals surface area (Å²) in [5.41, 5.74) is 0.994. The number of rotatable bonds is 15. The standard InChI is InChI=1S/C22H36O3/c1-3-4-5-6-7-8-9-10-11-12-13-14-22(23)25-19-20-15-17-21(24-2)18-16-20/h15-18H,3-14,19H2,1-2H3. The summed E-state index contributed by atoms with van der Waals surface area (Å²) in [5, 5.41) is 0. The number of hydrogen-bond acceptors (Lipinski definition) is 3. The second kappa shape index (κ2) is 14.8. The van der Waals surface area contributed by atoms with Crippen molar-refractivity contribution >= 4 is 5.97 Å². The number of methoxy groups -OCH3 is 1. The molecule has 3 heteroatoms. The third-order valence-corrected chi connectivity index (χ3v) is 4.54. The van der Waals surface area contributed by atoms with E-state index in [0.717, 1.165) is 24.2 Å². The van der Waals surface area contributed by atoms with E-state index in [1.54, 1.807) is 7.11 Å². The van der Waals surface area contributed by atoms with Crippen LogP contribution in [-0.2, 0) is 16.1 Å². The molecule has 0 amide bonds. The molecule has 0 aliphatic carbocycles. The van der Waals surface area contributed by atoms with Crippen LogP contribution in [0.5, 0.6) is 5.75 Å². The number of ether oxygens (including phenoxy) is 2. The van der Waals surface area contributed by atoms with Gasteiger partial charge in [0.05, 0.1) is 7.11 Å². The van der Waals surface area contributed by atoms with E-state index in [0.29, 0.717) is 13.0 Å². The van der Waals surface area contributed by atoms with Crippen LogP contribution in [-0.4, -0.2) is 13.1 Å². The van der Waals surface area contributed by atoms with E-state index in [-0.39, 0.29) is 5.97 Å². The maximum absolute atomic E-state index is 11.8. The number of hydrogen-bond donors (Lipinski definition) is 0. The quantitative estimate of drug-likeness (QED) is 0.270. The highest BCUT2D eigenvalue weighted by Gasteiger charge is 2.03. The lowest BCUT2D eigenvalue weighted by Crippen LogP contribution is -2.04. The Labute approximate surface area is 154 Å². The molecule has 3 nitrogen and oxygen atoms in total. The first-order chi connectivity index (χ1) is 12.3. The van der Waals surface area contributed by atoms with Gasteiger partial charge in [-0.3, -0.25) is 4.79 Å². The average molecular weight is 349 g/mol. The van der Waals surface area contributed by atoms with Gasteiger partial charge in [0.1, 0.15) is 12.4 Å². The summed E-state index contributed by atoms with van der Waals surface area (Å²) in [6.07, 6.45) is 14.7. The fourth-order valence-corrected chi connectivity index (χ4v) is 2.89. The van der Waals surface area contributed by atoms with Gasteiger partial charge >= 0.3 is 5.97 Å². The molecule has 0 saturated heterocycles. The summed E-state index contributed by atoms with van der Waals surface area (Å²) in [6, 6.07) is 7.61. The third kappa shape index (κ3) is 11.6. The van der Waals surface area contributed by atoms with Crippen molar-refractivity contribution in [3.8, 4) is 5.75 Å². The highest BCUT2D eigenvalue weighted by atomic mass is 16.5. The van der Waals surface area contributed by atoms with Gasteiger partial charge in [-0.2, -0.15) is 0 Å². The number of unbranched alkanes of at least 4 members (excludes halogenated alkanes) is 10. The first-order valence-corrected chi connectivity index (χ1v) is 10.0. The van der Waals surface area contributed by atoms with Crippen LogP contribution in [0.2, 0.25) is 0 Å². The molecule has 142 valence electrons. The van der Waals surface area contributed by atoms with Crippen molar-refractivity contribution in [2.75, 3.05) is 7.11 Å². The molecule has 25 heavy (non-hydrogen) atoms. The Balaban J connectivity index is 1.91. The van der Waals surface area contributed by atoms with E-state index < -0.39 is 0 Å². The van der Waals surface area contributed by atoms with Crippen LogP contribution in [0.3, 0.4) is 0 Å². The van der Waals surface area contributed by atoms with Crippen molar-refractivity contribution < 1.29 is 14.3 Å². The molecular weight excluding hydrogens is 312 g/mol. The molecular formula is C22H36O3. The van der Waals surface area contributed by atoms with Gasteiger partial charge in [-0.25, -0.2) is 0 Å². The normalized spacial score (nSPS) is 10.6. The molecule has 0 aliphatic heterocycles. The molecule has 0 unspecified atom stereocenters. The number of benzene rings is 1. The second-order valence-electron chi connectivity index (χ2n) is 6.79. The van der Waals surface area contributed by atoms with Gasteiger partial charge in [-0.05, 0) is 24.1 Å². The largest absolute Gasteiger partial charge is 0.497 e. The van der Waals surface area contributed by atoms with Gasteiger partial charge in [-0.1, -0.05) is 83.3 Å². The van der Waals surface area contributed by atoms with Crippen molar-refractivity contribution in [2.45, 2.75) is 90.6 Å². The zero-order chi connectivity index (χ0) is 18.2. The van der Waals surface area contributed by atoms with Crippen molar-refractivity contribution in [2.24, 2.45) is 0 Å². The fraction of sp³-hybridized carbons (Fsp3) is 0.682. The van der Waals surface area contributed by atoms with Gasteiger partial charge < -0.3 is 9.47 Å². The molecule has 1 aromatic carbocycles. The minimum Gasteiger partial charge on any atom is -0.497 e. The first kappa shape index (κ1) is 21.5. The van der Waals surface area contributed by atoms with Crippen LogP contribution in [0.25, 0.3) is 0 Å². The van der Waals surface area contributed by atoms with Gasteiger partial charge in [0.2, 0.25) is 0 Å². The van der Waals surface area contributed by atoms with E-state index >= 15 is 0 Å². The van der Waals surface area contributed by atoms with Gasteiger partial charge in [0.25, 0.3) is 0 Å². The lowest BCUT2D eigenvalue weighted by molar-refractivity contribution is -0.145. The topological polar surface area (TPSA) is 35.5 Å². The zero-order valence-corrected chi connectivity index (χ0v) is 16.2. The molecule has 0 heterocycles. The van der Waals surface area contributed by atoms with Crippen LogP contribution < -0.4 is 4.74 Å². The predicted molar refractivity (Wildman–Crippen MR) is 104 cm³/mol. The van der Waals surface area contributed by atoms with Crippen LogP contribution in [0.15, 0.2) is 24.3 Å². The van der Waals surface area contributed by atoms with E-state index in [2.05, 4.69) is 6.92 Å². The summed E-state index contributed by atoms with van der Waals surface area (Å²) in [4.78, 5) is 11.8. The SMILES string of the molecule is CCCCCCCCCCCCCC(=O)OCc1ccc(OC)cc1. The van der Waals surface area contributed by atoms with Gasteiger partial charge in [0.15, 0.2) is 0 Å². The lowest BCUT2D eigenvalue weighted by atomic mass is 10.1. The summed E-state index contributed by atoms with van der Waals surface area (Å²) in [7, 11) is 1.64. The number of carbonyl (C=O) groups excluding carboxylic acids is 1. The highest BCUT2D eigenvalue weighted by Crippen LogP contribution is 2.14. The lowest BCUT2D eigenvalue weighted by Gasteiger charge is -2.06. The molecule has 0 fully saturated rings. The van der Waals surface area contributed by atoms with Gasteiger partial charge in [-0.15, -0.1) is 0 Å². The maximum atomic E-state index is 11.8. The second-order valence-corrected chi connectivity index (χ2v) is 6.79. The van der Waals surface area contributed by atoms with Crippen molar-refractivity contribution in [3.05, 3.63) is 29.8 Å². The van der Waals surface area contributed by atoms with Crippen molar-refractivity contribution in [1.82, 2.24) is 0 Å². The fourth-order valence-electron chi connectivity index (χ4n) is 2.89. The Morgan fingerprint density at radius 2 is 1.32 bits per heavy atom. The molecule has 0 radical (unpaired) electrons. The summed E-state index contributed by atoms with van der Waals surface area (Å²) >= 11 is 0. The minimum absolute atomic E-state index is 0.0910. The zero-order valence-electron chi connectivity index (χ0n) is 16.2. The van der Waals surface area contributed by atoms with Crippen molar-refractivity contribution in [1.29, 1.82) is 0 Å². The Kier molecular flexibility index (Phi) is 12.7. The monoisotopic (exact) mass is 348 g/mol. The third-order valence-electron chi connectivity index (χ3n) is 4.54. The van der Waals surface area contributed by atoms with E-state index in [1.165, 1.54) is 57.8 Å². The minimum atomic E-state index is -0.0910. The summed E-state index contributed by atoms with van der Waals surface area (Å²) < 4.78 is 10.4. The summed E-state index contributed by atoms with van der Waals surface area (Å²) in [5.74, 6) is 0.725. The molecule has 1 aromatic rings. The molecule has 0 atom stereocenters. The van der Waals surface area contributed by atoms with Crippen LogP contribution in [0.4, 0.5) is 0 Å². The highest BCUT2D eigenvalue weighted by molar-refractivity contribution is 5.69. The van der Waals surface area contributed by atoms with Gasteiger partial charge in [0, 0.05) is 6.42 Å². The molecule has 1 rings (SSSR count). The summed E-state index contributed by atoms with van der Waals surface area (Å²) in [6.45, 7) is 2.61. The average Bonchev–Trinajstić information content (AvgIpc) is 2.65.